The molecule has 2 aromatic rings. The number of hydrogen-bond acceptors (Lipinski definition) is 3. The first-order valence-electron chi connectivity index (χ1n) is 6.77. The zero-order valence-electron chi connectivity index (χ0n) is 12.3. The Morgan fingerprint density at radius 2 is 2.00 bits per heavy atom. The van der Waals surface area contributed by atoms with Gasteiger partial charge in [-0.3, -0.25) is 4.79 Å². The van der Waals surface area contributed by atoms with Gasteiger partial charge >= 0.3 is 5.97 Å². The average molecular weight is 321 g/mol. The molecule has 0 aromatic heterocycles. The van der Waals surface area contributed by atoms with Crippen LogP contribution in [-0.2, 0) is 11.2 Å². The van der Waals surface area contributed by atoms with Crippen molar-refractivity contribution >= 4 is 17.6 Å². The van der Waals surface area contributed by atoms with E-state index in [2.05, 4.69) is 0 Å². The number of methoxy groups -OCH3 is 1. The smallest absolute Gasteiger partial charge is 0.311 e. The molecule has 0 saturated heterocycles. The van der Waals surface area contributed by atoms with Gasteiger partial charge in [-0.1, -0.05) is 23.7 Å². The van der Waals surface area contributed by atoms with Crippen molar-refractivity contribution in [2.24, 2.45) is 0 Å². The number of carboxylic acids is 1. The molecule has 0 fully saturated rings. The van der Waals surface area contributed by atoms with Gasteiger partial charge in [0.2, 0.25) is 0 Å². The Kier molecular flexibility index (Phi) is 4.93. The Hall–Kier alpha value is -2.20. The van der Waals surface area contributed by atoms with Crippen molar-refractivity contribution in [2.75, 3.05) is 7.11 Å². The van der Waals surface area contributed by atoms with Crippen molar-refractivity contribution in [3.05, 3.63) is 58.1 Å². The summed E-state index contributed by atoms with van der Waals surface area (Å²) in [7, 11) is 1.57. The Morgan fingerprint density at radius 3 is 2.55 bits per heavy atom. The van der Waals surface area contributed by atoms with E-state index >= 15 is 0 Å². The first-order valence-corrected chi connectivity index (χ1v) is 7.15. The molecule has 0 amide bonds. The van der Waals surface area contributed by atoms with E-state index in [1.54, 1.807) is 31.4 Å². The zero-order valence-corrected chi connectivity index (χ0v) is 13.1. The number of benzene rings is 2. The Balaban J connectivity index is 2.34. The fraction of sp³-hybridized carbons (Fsp3) is 0.235. The Bertz CT molecular complexity index is 697. The topological polar surface area (TPSA) is 66.8 Å². The number of ether oxygens (including phenoxy) is 1. The van der Waals surface area contributed by atoms with Crippen LogP contribution in [0.15, 0.2) is 36.4 Å². The van der Waals surface area contributed by atoms with Crippen LogP contribution in [0, 0.1) is 6.92 Å². The molecule has 0 bridgehead atoms. The van der Waals surface area contributed by atoms with Crippen molar-refractivity contribution in [3.63, 3.8) is 0 Å². The lowest BCUT2D eigenvalue weighted by Crippen LogP contribution is -2.15. The predicted molar refractivity (Wildman–Crippen MR) is 84.9 cm³/mol. The van der Waals surface area contributed by atoms with Crippen LogP contribution in [0.25, 0.3) is 0 Å². The van der Waals surface area contributed by atoms with Crippen LogP contribution in [0.5, 0.6) is 11.5 Å². The van der Waals surface area contributed by atoms with Gasteiger partial charge in [-0.2, -0.15) is 0 Å². The molecular formula is C17H17ClO4. The monoisotopic (exact) mass is 320 g/mol. The minimum absolute atomic E-state index is 0.0158. The molecule has 2 N–H and O–H groups in total. The molecule has 1 unspecified atom stereocenters. The second-order valence-corrected chi connectivity index (χ2v) is 5.51. The van der Waals surface area contributed by atoms with Gasteiger partial charge in [-0.15, -0.1) is 0 Å². The maximum Gasteiger partial charge on any atom is 0.311 e. The van der Waals surface area contributed by atoms with E-state index in [-0.39, 0.29) is 10.8 Å². The van der Waals surface area contributed by atoms with Crippen molar-refractivity contribution in [1.82, 2.24) is 0 Å². The molecule has 0 heterocycles. The molecule has 1 atom stereocenters. The summed E-state index contributed by atoms with van der Waals surface area (Å²) in [6.07, 6.45) is 0.294. The predicted octanol–water partition coefficient (Wildman–Crippen LogP) is 3.77. The summed E-state index contributed by atoms with van der Waals surface area (Å²) in [5, 5.41) is 19.2. The largest absolute Gasteiger partial charge is 0.506 e. The van der Waals surface area contributed by atoms with Crippen molar-refractivity contribution in [1.29, 1.82) is 0 Å². The molecule has 5 heteroatoms. The molecule has 2 aromatic carbocycles. The van der Waals surface area contributed by atoms with E-state index in [0.717, 1.165) is 16.7 Å². The lowest BCUT2D eigenvalue weighted by molar-refractivity contribution is -0.138. The van der Waals surface area contributed by atoms with Crippen molar-refractivity contribution in [3.8, 4) is 11.5 Å². The van der Waals surface area contributed by atoms with Gasteiger partial charge in [0.05, 0.1) is 18.1 Å². The molecule has 22 heavy (non-hydrogen) atoms. The average Bonchev–Trinajstić information content (AvgIpc) is 2.48. The number of carbonyl (C=O) groups is 1. The normalized spacial score (nSPS) is 12.0. The fourth-order valence-electron chi connectivity index (χ4n) is 2.41. The van der Waals surface area contributed by atoms with Crippen LogP contribution < -0.4 is 4.74 Å². The van der Waals surface area contributed by atoms with Gasteiger partial charge in [-0.25, -0.2) is 0 Å². The third-order valence-electron chi connectivity index (χ3n) is 3.60. The minimum Gasteiger partial charge on any atom is -0.506 e. The maximum absolute atomic E-state index is 11.6. The molecule has 2 rings (SSSR count). The number of aliphatic carboxylic acids is 1. The summed E-state index contributed by atoms with van der Waals surface area (Å²) < 4.78 is 5.14. The highest BCUT2D eigenvalue weighted by atomic mass is 35.5. The number of carboxylic acid groups (broad SMARTS) is 1. The SMILES string of the molecule is COc1ccc(C(Cc2ccc(O)c(Cl)c2)C(=O)O)c(C)c1. The van der Waals surface area contributed by atoms with Gasteiger partial charge in [0.1, 0.15) is 11.5 Å². The number of aromatic hydroxyl groups is 1. The first kappa shape index (κ1) is 16.2. The van der Waals surface area contributed by atoms with Gasteiger partial charge in [0.15, 0.2) is 0 Å². The lowest BCUT2D eigenvalue weighted by Gasteiger charge is -2.16. The number of aryl methyl sites for hydroxylation is 1. The third-order valence-corrected chi connectivity index (χ3v) is 3.91. The molecule has 116 valence electrons. The van der Waals surface area contributed by atoms with E-state index in [0.29, 0.717) is 12.2 Å². The summed E-state index contributed by atoms with van der Waals surface area (Å²) >= 11 is 5.88. The molecule has 4 nitrogen and oxygen atoms in total. The number of phenols is 1. The standard InChI is InChI=1S/C17H17ClO4/c1-10-7-12(22-2)4-5-13(10)14(17(20)21)8-11-3-6-16(19)15(18)9-11/h3-7,9,14,19H,8H2,1-2H3,(H,20,21). The van der Waals surface area contributed by atoms with Crippen LogP contribution in [0.2, 0.25) is 5.02 Å². The molecule has 0 spiro atoms. The van der Waals surface area contributed by atoms with Crippen LogP contribution >= 0.6 is 11.6 Å². The number of halogens is 1. The van der Waals surface area contributed by atoms with Crippen LogP contribution in [0.3, 0.4) is 0 Å². The number of rotatable bonds is 5. The van der Waals surface area contributed by atoms with Crippen LogP contribution in [0.1, 0.15) is 22.6 Å². The summed E-state index contributed by atoms with van der Waals surface area (Å²) in [5.41, 5.74) is 2.35. The van der Waals surface area contributed by atoms with E-state index in [1.807, 2.05) is 13.0 Å². The van der Waals surface area contributed by atoms with Gasteiger partial charge in [-0.05, 0) is 54.3 Å². The summed E-state index contributed by atoms with van der Waals surface area (Å²) in [6.45, 7) is 1.86. The second kappa shape index (κ2) is 6.71. The molecule has 0 aliphatic heterocycles. The van der Waals surface area contributed by atoms with Crippen molar-refractivity contribution < 1.29 is 19.7 Å². The first-order chi connectivity index (χ1) is 10.4. The third kappa shape index (κ3) is 3.52. The quantitative estimate of drug-likeness (QED) is 0.880. The summed E-state index contributed by atoms with van der Waals surface area (Å²) in [6, 6.07) is 10.1. The van der Waals surface area contributed by atoms with E-state index in [9.17, 15) is 15.0 Å². The zero-order chi connectivity index (χ0) is 16.3. The highest BCUT2D eigenvalue weighted by Gasteiger charge is 2.22. The Morgan fingerprint density at radius 1 is 1.27 bits per heavy atom. The summed E-state index contributed by atoms with van der Waals surface area (Å²) in [5.74, 6) is -0.917. The van der Waals surface area contributed by atoms with Crippen LogP contribution in [0.4, 0.5) is 0 Å². The molecule has 0 aliphatic carbocycles. The van der Waals surface area contributed by atoms with E-state index in [1.165, 1.54) is 6.07 Å². The van der Waals surface area contributed by atoms with E-state index < -0.39 is 11.9 Å². The molecule has 0 radical (unpaired) electrons. The van der Waals surface area contributed by atoms with Crippen molar-refractivity contribution in [2.45, 2.75) is 19.3 Å². The maximum atomic E-state index is 11.6. The minimum atomic E-state index is -0.905. The highest BCUT2D eigenvalue weighted by molar-refractivity contribution is 6.32. The number of hydrogen-bond donors (Lipinski definition) is 2. The highest BCUT2D eigenvalue weighted by Crippen LogP contribution is 2.30. The molecule has 0 aliphatic rings. The fourth-order valence-corrected chi connectivity index (χ4v) is 2.61. The number of phenolic OH excluding ortho intramolecular Hbond substituents is 1. The van der Waals surface area contributed by atoms with Gasteiger partial charge in [0.25, 0.3) is 0 Å². The second-order valence-electron chi connectivity index (χ2n) is 5.10. The van der Waals surface area contributed by atoms with Crippen LogP contribution in [-0.4, -0.2) is 23.3 Å². The Labute approximate surface area is 133 Å². The lowest BCUT2D eigenvalue weighted by atomic mass is 9.89. The van der Waals surface area contributed by atoms with E-state index in [4.69, 9.17) is 16.3 Å². The summed E-state index contributed by atoms with van der Waals surface area (Å²) in [4.78, 5) is 11.6. The molecular weight excluding hydrogens is 304 g/mol. The van der Waals surface area contributed by atoms with Gasteiger partial charge < -0.3 is 14.9 Å². The molecule has 0 saturated carbocycles. The van der Waals surface area contributed by atoms with Gasteiger partial charge in [0, 0.05) is 0 Å².